The van der Waals surface area contributed by atoms with Crippen LogP contribution in [0.3, 0.4) is 0 Å². The van der Waals surface area contributed by atoms with Gasteiger partial charge in [0.25, 0.3) is 0 Å². The molecule has 2 rings (SSSR count). The minimum Gasteiger partial charge on any atom is -0.478 e. The molecule has 0 unspecified atom stereocenters. The van der Waals surface area contributed by atoms with Crippen molar-refractivity contribution in [2.45, 2.75) is 39.7 Å². The summed E-state index contributed by atoms with van der Waals surface area (Å²) in [5.74, 6) is -1.04. The Morgan fingerprint density at radius 3 is 2.41 bits per heavy atom. The van der Waals surface area contributed by atoms with Gasteiger partial charge in [0.2, 0.25) is 0 Å². The second kappa shape index (κ2) is 5.57. The van der Waals surface area contributed by atoms with Gasteiger partial charge in [-0.2, -0.15) is 0 Å². The third kappa shape index (κ3) is 2.52. The Balaban J connectivity index is 2.99. The molecule has 0 radical (unpaired) electrons. The van der Waals surface area contributed by atoms with Crippen molar-refractivity contribution in [2.24, 2.45) is 0 Å². The van der Waals surface area contributed by atoms with E-state index in [1.807, 2.05) is 26.8 Å². The average Bonchev–Trinajstić information content (AvgIpc) is 2.69. The van der Waals surface area contributed by atoms with Crippen LogP contribution in [-0.4, -0.2) is 33.6 Å². The summed E-state index contributed by atoms with van der Waals surface area (Å²) in [7, 11) is 0. The van der Waals surface area contributed by atoms with Gasteiger partial charge >= 0.3 is 5.97 Å². The Labute approximate surface area is 129 Å². The summed E-state index contributed by atoms with van der Waals surface area (Å²) in [5, 5.41) is 19.4. The Hall–Kier alpha value is -2.14. The smallest absolute Gasteiger partial charge is 0.337 e. The van der Waals surface area contributed by atoms with Crippen molar-refractivity contribution in [3.05, 3.63) is 34.5 Å². The van der Waals surface area contributed by atoms with E-state index in [0.29, 0.717) is 22.2 Å². The standard InChI is InChI=1S/C17H21NO4/c1-10-14(9-20)12-7-11(17(2,3)4)8-13(16(21)22)15(12)18(10)5-6-19/h7-9,19H,5-6H2,1-4H3,(H,21,22). The molecule has 118 valence electrons. The first-order valence-corrected chi connectivity index (χ1v) is 7.19. The number of aldehydes is 1. The van der Waals surface area contributed by atoms with Crippen LogP contribution in [0, 0.1) is 6.92 Å². The van der Waals surface area contributed by atoms with Gasteiger partial charge in [-0.1, -0.05) is 20.8 Å². The SMILES string of the molecule is Cc1c(C=O)c2cc(C(C)(C)C)cc(C(=O)O)c2n1CCO. The molecule has 0 saturated heterocycles. The zero-order chi connectivity index (χ0) is 16.7. The first kappa shape index (κ1) is 16.2. The lowest BCUT2D eigenvalue weighted by atomic mass is 9.85. The summed E-state index contributed by atoms with van der Waals surface area (Å²) in [4.78, 5) is 23.2. The van der Waals surface area contributed by atoms with Crippen LogP contribution in [0.25, 0.3) is 10.9 Å². The second-order valence-electron chi connectivity index (χ2n) is 6.47. The molecule has 5 heteroatoms. The fourth-order valence-corrected chi connectivity index (χ4v) is 2.76. The number of carbonyl (C=O) groups excluding carboxylic acids is 1. The molecule has 1 heterocycles. The van der Waals surface area contributed by atoms with Gasteiger partial charge in [-0.3, -0.25) is 4.79 Å². The van der Waals surface area contributed by atoms with Crippen LogP contribution >= 0.6 is 0 Å². The normalized spacial score (nSPS) is 11.9. The molecule has 1 aromatic carbocycles. The number of carboxylic acids is 1. The maximum absolute atomic E-state index is 11.7. The molecule has 0 aliphatic heterocycles. The zero-order valence-corrected chi connectivity index (χ0v) is 13.3. The lowest BCUT2D eigenvalue weighted by Gasteiger charge is -2.20. The lowest BCUT2D eigenvalue weighted by molar-refractivity contribution is 0.0698. The number of benzene rings is 1. The highest BCUT2D eigenvalue weighted by Crippen LogP contribution is 2.33. The molecule has 5 nitrogen and oxygen atoms in total. The second-order valence-corrected chi connectivity index (χ2v) is 6.47. The number of aliphatic hydroxyl groups excluding tert-OH is 1. The number of hydrogen-bond donors (Lipinski definition) is 2. The van der Waals surface area contributed by atoms with Crippen LogP contribution in [0.15, 0.2) is 12.1 Å². The highest BCUT2D eigenvalue weighted by Gasteiger charge is 2.24. The van der Waals surface area contributed by atoms with Gasteiger partial charge in [0.1, 0.15) is 0 Å². The van der Waals surface area contributed by atoms with Gasteiger partial charge in [0.05, 0.1) is 17.7 Å². The topological polar surface area (TPSA) is 79.5 Å². The molecule has 0 spiro atoms. The molecule has 2 N–H and O–H groups in total. The highest BCUT2D eigenvalue weighted by atomic mass is 16.4. The number of carbonyl (C=O) groups is 2. The Morgan fingerprint density at radius 2 is 1.95 bits per heavy atom. The van der Waals surface area contributed by atoms with Gasteiger partial charge in [-0.25, -0.2) is 4.79 Å². The molecule has 0 bridgehead atoms. The van der Waals surface area contributed by atoms with Crippen LogP contribution in [0.4, 0.5) is 0 Å². The van der Waals surface area contributed by atoms with Gasteiger partial charge < -0.3 is 14.8 Å². The van der Waals surface area contributed by atoms with Crippen LogP contribution in [-0.2, 0) is 12.0 Å². The van der Waals surface area contributed by atoms with Crippen molar-refractivity contribution in [3.8, 4) is 0 Å². The number of aliphatic hydroxyl groups is 1. The summed E-state index contributed by atoms with van der Waals surface area (Å²) >= 11 is 0. The van der Waals surface area contributed by atoms with E-state index in [-0.39, 0.29) is 24.1 Å². The highest BCUT2D eigenvalue weighted by molar-refractivity contribution is 6.08. The molecule has 1 aromatic heterocycles. The van der Waals surface area contributed by atoms with Crippen LogP contribution in [0.1, 0.15) is 52.7 Å². The molecule has 0 fully saturated rings. The summed E-state index contributed by atoms with van der Waals surface area (Å²) in [6.45, 7) is 7.89. The predicted molar refractivity (Wildman–Crippen MR) is 84.8 cm³/mol. The monoisotopic (exact) mass is 303 g/mol. The molecular formula is C17H21NO4. The van der Waals surface area contributed by atoms with E-state index < -0.39 is 5.97 Å². The fourth-order valence-electron chi connectivity index (χ4n) is 2.76. The fraction of sp³-hybridized carbons (Fsp3) is 0.412. The molecule has 0 saturated carbocycles. The van der Waals surface area contributed by atoms with E-state index in [1.54, 1.807) is 17.6 Å². The number of aromatic carboxylic acids is 1. The van der Waals surface area contributed by atoms with Gasteiger partial charge in [0, 0.05) is 23.2 Å². The summed E-state index contributed by atoms with van der Waals surface area (Å²) < 4.78 is 1.70. The molecular weight excluding hydrogens is 282 g/mol. The maximum Gasteiger partial charge on any atom is 0.337 e. The molecule has 2 aromatic rings. The van der Waals surface area contributed by atoms with Crippen molar-refractivity contribution in [1.29, 1.82) is 0 Å². The molecule has 0 atom stereocenters. The quantitative estimate of drug-likeness (QED) is 0.851. The number of aromatic nitrogens is 1. The largest absolute Gasteiger partial charge is 0.478 e. The Morgan fingerprint density at radius 1 is 1.32 bits per heavy atom. The third-order valence-electron chi connectivity index (χ3n) is 4.00. The average molecular weight is 303 g/mol. The van der Waals surface area contributed by atoms with Crippen LogP contribution in [0.2, 0.25) is 0 Å². The third-order valence-corrected chi connectivity index (χ3v) is 4.00. The summed E-state index contributed by atoms with van der Waals surface area (Å²) in [6.07, 6.45) is 0.754. The minimum absolute atomic E-state index is 0.122. The van der Waals surface area contributed by atoms with Crippen LogP contribution in [0.5, 0.6) is 0 Å². The number of hydrogen-bond acceptors (Lipinski definition) is 3. The predicted octanol–water partition coefficient (Wildman–Crippen LogP) is 2.75. The number of fused-ring (bicyclic) bond motifs is 1. The summed E-state index contributed by atoms with van der Waals surface area (Å²) in [6, 6.07) is 3.54. The summed E-state index contributed by atoms with van der Waals surface area (Å²) in [5.41, 5.74) is 2.44. The van der Waals surface area contributed by atoms with E-state index in [4.69, 9.17) is 0 Å². The lowest BCUT2D eigenvalue weighted by Crippen LogP contribution is -2.14. The van der Waals surface area contributed by atoms with E-state index in [1.165, 1.54) is 0 Å². The molecule has 0 aliphatic carbocycles. The Kier molecular flexibility index (Phi) is 4.11. The Bertz CT molecular complexity index is 750. The molecule has 0 amide bonds. The number of nitrogens with zero attached hydrogens (tertiary/aromatic N) is 1. The zero-order valence-electron chi connectivity index (χ0n) is 13.3. The number of carboxylic acid groups (broad SMARTS) is 1. The maximum atomic E-state index is 11.7. The van der Waals surface area contributed by atoms with Crippen LogP contribution < -0.4 is 0 Å². The van der Waals surface area contributed by atoms with Crippen molar-refractivity contribution < 1.29 is 19.8 Å². The molecule has 22 heavy (non-hydrogen) atoms. The van der Waals surface area contributed by atoms with Gasteiger partial charge in [-0.05, 0) is 30.0 Å². The number of rotatable bonds is 4. The van der Waals surface area contributed by atoms with E-state index in [0.717, 1.165) is 11.8 Å². The molecule has 0 aliphatic rings. The first-order valence-electron chi connectivity index (χ1n) is 7.19. The van der Waals surface area contributed by atoms with E-state index >= 15 is 0 Å². The van der Waals surface area contributed by atoms with E-state index in [9.17, 15) is 19.8 Å². The first-order chi connectivity index (χ1) is 10.2. The van der Waals surface area contributed by atoms with Crippen molar-refractivity contribution in [3.63, 3.8) is 0 Å². The van der Waals surface area contributed by atoms with Gasteiger partial charge in [-0.15, -0.1) is 0 Å². The minimum atomic E-state index is -1.04. The van der Waals surface area contributed by atoms with Crippen molar-refractivity contribution in [1.82, 2.24) is 4.57 Å². The van der Waals surface area contributed by atoms with Crippen molar-refractivity contribution in [2.75, 3.05) is 6.61 Å². The van der Waals surface area contributed by atoms with Gasteiger partial charge in [0.15, 0.2) is 6.29 Å². The van der Waals surface area contributed by atoms with Crippen molar-refractivity contribution >= 4 is 23.2 Å². The van der Waals surface area contributed by atoms with E-state index in [2.05, 4.69) is 0 Å².